The van der Waals surface area contributed by atoms with E-state index >= 15 is 0 Å². The van der Waals surface area contributed by atoms with E-state index in [-0.39, 0.29) is 0 Å². The van der Waals surface area contributed by atoms with Crippen LogP contribution in [-0.2, 0) is 4.74 Å². The number of likely N-dealkylation sites (N-methyl/N-ethyl adjacent to an activating group) is 1. The van der Waals surface area contributed by atoms with Crippen LogP contribution in [0.3, 0.4) is 0 Å². The smallest absolute Gasteiger partial charge is 0.0634 e. The molecule has 0 aromatic rings. The maximum atomic E-state index is 5.58. The molecule has 0 aromatic heterocycles. The lowest BCUT2D eigenvalue weighted by Crippen LogP contribution is -2.51. The molecule has 0 aromatic carbocycles. The Hall–Kier alpha value is -0.120. The Morgan fingerprint density at radius 3 is 2.69 bits per heavy atom. The topological polar surface area (TPSA) is 24.5 Å². The van der Waals surface area contributed by atoms with Crippen LogP contribution in [0.25, 0.3) is 0 Å². The van der Waals surface area contributed by atoms with Crippen molar-refractivity contribution < 1.29 is 4.74 Å². The fraction of sp³-hybridized carbons (Fsp3) is 1.00. The van der Waals surface area contributed by atoms with Gasteiger partial charge in [0.05, 0.1) is 13.2 Å². The second kappa shape index (κ2) is 8.04. The largest absolute Gasteiger partial charge is 0.378 e. The maximum Gasteiger partial charge on any atom is 0.0634 e. The zero-order valence-electron chi connectivity index (χ0n) is 11.2. The normalized spacial score (nSPS) is 22.9. The lowest BCUT2D eigenvalue weighted by atomic mass is 10.0. The molecule has 1 aliphatic rings. The predicted octanol–water partition coefficient (Wildman–Crippen LogP) is 1.73. The van der Waals surface area contributed by atoms with Gasteiger partial charge in [0, 0.05) is 25.7 Å². The molecule has 1 heterocycles. The van der Waals surface area contributed by atoms with Gasteiger partial charge in [-0.15, -0.1) is 0 Å². The van der Waals surface area contributed by atoms with E-state index in [0.29, 0.717) is 6.04 Å². The third-order valence-corrected chi connectivity index (χ3v) is 3.63. The predicted molar refractivity (Wildman–Crippen MR) is 68.8 cm³/mol. The maximum absolute atomic E-state index is 5.58. The highest BCUT2D eigenvalue weighted by Crippen LogP contribution is 2.14. The molecule has 1 fully saturated rings. The first-order valence-corrected chi connectivity index (χ1v) is 6.84. The summed E-state index contributed by atoms with van der Waals surface area (Å²) in [6, 6.07) is 0.578. The van der Waals surface area contributed by atoms with E-state index in [1.807, 2.05) is 0 Å². The van der Waals surface area contributed by atoms with Crippen molar-refractivity contribution in [2.45, 2.75) is 39.7 Å². The minimum absolute atomic E-state index is 0.578. The summed E-state index contributed by atoms with van der Waals surface area (Å²) >= 11 is 0. The van der Waals surface area contributed by atoms with E-state index in [0.717, 1.165) is 38.8 Å². The fourth-order valence-electron chi connectivity index (χ4n) is 2.31. The number of nitrogens with one attached hydrogen (secondary N) is 1. The molecule has 1 N–H and O–H groups in total. The van der Waals surface area contributed by atoms with Gasteiger partial charge in [0.1, 0.15) is 0 Å². The molecule has 3 heteroatoms. The van der Waals surface area contributed by atoms with Crippen molar-refractivity contribution >= 4 is 0 Å². The van der Waals surface area contributed by atoms with Crippen LogP contribution in [0.15, 0.2) is 0 Å². The Morgan fingerprint density at radius 1 is 1.31 bits per heavy atom. The first-order valence-electron chi connectivity index (χ1n) is 6.84. The van der Waals surface area contributed by atoms with Crippen LogP contribution >= 0.6 is 0 Å². The molecule has 1 saturated heterocycles. The van der Waals surface area contributed by atoms with Crippen molar-refractivity contribution in [1.82, 2.24) is 10.2 Å². The summed E-state index contributed by atoms with van der Waals surface area (Å²) in [6.45, 7) is 13.0. The molecule has 1 rings (SSSR count). The number of nitrogens with zero attached hydrogens (tertiary/aromatic N) is 1. The fourth-order valence-corrected chi connectivity index (χ4v) is 2.31. The summed E-state index contributed by atoms with van der Waals surface area (Å²) in [6.07, 6.45) is 2.59. The van der Waals surface area contributed by atoms with Crippen LogP contribution in [0, 0.1) is 5.92 Å². The second-order valence-electron chi connectivity index (χ2n) is 4.71. The molecule has 1 atom stereocenters. The van der Waals surface area contributed by atoms with Crippen molar-refractivity contribution in [3.63, 3.8) is 0 Å². The lowest BCUT2D eigenvalue weighted by Gasteiger charge is -2.37. The molecular formula is C13H28N2O. The van der Waals surface area contributed by atoms with Crippen LogP contribution < -0.4 is 5.32 Å². The summed E-state index contributed by atoms with van der Waals surface area (Å²) < 4.78 is 5.58. The van der Waals surface area contributed by atoms with E-state index in [9.17, 15) is 0 Å². The summed E-state index contributed by atoms with van der Waals surface area (Å²) in [5.74, 6) is 0.849. The van der Waals surface area contributed by atoms with Gasteiger partial charge in [-0.2, -0.15) is 0 Å². The molecule has 1 aliphatic heterocycles. The van der Waals surface area contributed by atoms with Gasteiger partial charge in [-0.25, -0.2) is 0 Å². The van der Waals surface area contributed by atoms with Crippen LogP contribution in [0.1, 0.15) is 33.6 Å². The Bertz CT molecular complexity index is 171. The molecule has 0 bridgehead atoms. The van der Waals surface area contributed by atoms with Gasteiger partial charge in [0.15, 0.2) is 0 Å². The van der Waals surface area contributed by atoms with Crippen molar-refractivity contribution in [3.8, 4) is 0 Å². The molecule has 0 amide bonds. The Morgan fingerprint density at radius 2 is 2.06 bits per heavy atom. The molecule has 16 heavy (non-hydrogen) atoms. The number of morpholine rings is 1. The van der Waals surface area contributed by atoms with Gasteiger partial charge >= 0.3 is 0 Å². The van der Waals surface area contributed by atoms with Crippen LogP contribution in [-0.4, -0.2) is 50.3 Å². The zero-order valence-corrected chi connectivity index (χ0v) is 11.2. The molecule has 1 unspecified atom stereocenters. The SMILES string of the molecule is CCNCC1COCCN1CC(CC)CC. The first kappa shape index (κ1) is 13.9. The van der Waals surface area contributed by atoms with Gasteiger partial charge in [-0.05, 0) is 12.5 Å². The van der Waals surface area contributed by atoms with E-state index in [2.05, 4.69) is 31.0 Å². The van der Waals surface area contributed by atoms with E-state index in [4.69, 9.17) is 4.74 Å². The van der Waals surface area contributed by atoms with Crippen LogP contribution in [0.5, 0.6) is 0 Å². The Balaban J connectivity index is 2.39. The van der Waals surface area contributed by atoms with E-state index in [1.165, 1.54) is 19.4 Å². The lowest BCUT2D eigenvalue weighted by molar-refractivity contribution is -0.0139. The molecule has 96 valence electrons. The minimum atomic E-state index is 0.578. The van der Waals surface area contributed by atoms with E-state index < -0.39 is 0 Å². The second-order valence-corrected chi connectivity index (χ2v) is 4.71. The number of hydrogen-bond acceptors (Lipinski definition) is 3. The molecule has 3 nitrogen and oxygen atoms in total. The third-order valence-electron chi connectivity index (χ3n) is 3.63. The van der Waals surface area contributed by atoms with Crippen molar-refractivity contribution in [2.24, 2.45) is 5.92 Å². The van der Waals surface area contributed by atoms with Crippen molar-refractivity contribution in [3.05, 3.63) is 0 Å². The monoisotopic (exact) mass is 228 g/mol. The van der Waals surface area contributed by atoms with Crippen LogP contribution in [0.2, 0.25) is 0 Å². The van der Waals surface area contributed by atoms with Gasteiger partial charge in [0.25, 0.3) is 0 Å². The van der Waals surface area contributed by atoms with Gasteiger partial charge in [0.2, 0.25) is 0 Å². The summed E-state index contributed by atoms with van der Waals surface area (Å²) in [5.41, 5.74) is 0. The quantitative estimate of drug-likeness (QED) is 0.718. The highest BCUT2D eigenvalue weighted by atomic mass is 16.5. The van der Waals surface area contributed by atoms with Gasteiger partial charge < -0.3 is 10.1 Å². The van der Waals surface area contributed by atoms with Crippen molar-refractivity contribution in [2.75, 3.05) is 39.4 Å². The highest BCUT2D eigenvalue weighted by molar-refractivity contribution is 4.78. The standard InChI is InChI=1S/C13H28N2O/c1-4-12(5-2)10-15-7-8-16-11-13(15)9-14-6-3/h12-14H,4-11H2,1-3H3. The Labute approximate surface area is 101 Å². The number of ether oxygens (including phenoxy) is 1. The first-order chi connectivity index (χ1) is 7.81. The van der Waals surface area contributed by atoms with Crippen LogP contribution in [0.4, 0.5) is 0 Å². The van der Waals surface area contributed by atoms with Gasteiger partial charge in [-0.3, -0.25) is 4.90 Å². The molecule has 0 saturated carbocycles. The summed E-state index contributed by atoms with van der Waals surface area (Å²) in [4.78, 5) is 2.61. The average molecular weight is 228 g/mol. The van der Waals surface area contributed by atoms with Gasteiger partial charge in [-0.1, -0.05) is 33.6 Å². The zero-order chi connectivity index (χ0) is 11.8. The highest BCUT2D eigenvalue weighted by Gasteiger charge is 2.23. The minimum Gasteiger partial charge on any atom is -0.378 e. The molecule has 0 aliphatic carbocycles. The van der Waals surface area contributed by atoms with Crippen molar-refractivity contribution in [1.29, 1.82) is 0 Å². The van der Waals surface area contributed by atoms with E-state index in [1.54, 1.807) is 0 Å². The molecule has 0 radical (unpaired) electrons. The summed E-state index contributed by atoms with van der Waals surface area (Å²) in [7, 11) is 0. The number of rotatable bonds is 7. The average Bonchev–Trinajstić information content (AvgIpc) is 2.34. The molecular weight excluding hydrogens is 200 g/mol. The Kier molecular flexibility index (Phi) is 7.01. The molecule has 0 spiro atoms. The third kappa shape index (κ3) is 4.40. The summed E-state index contributed by atoms with van der Waals surface area (Å²) in [5, 5.41) is 3.44. The number of hydrogen-bond donors (Lipinski definition) is 1.